The van der Waals surface area contributed by atoms with Crippen LogP contribution in [-0.2, 0) is 16.1 Å². The monoisotopic (exact) mass is 323 g/mol. The van der Waals surface area contributed by atoms with Crippen LogP contribution in [-0.4, -0.2) is 37.6 Å². The maximum absolute atomic E-state index is 12.5. The molecule has 24 heavy (non-hydrogen) atoms. The minimum absolute atomic E-state index is 0.000243. The third-order valence-corrected chi connectivity index (χ3v) is 3.59. The first-order chi connectivity index (χ1) is 11.7. The molecule has 0 bridgehead atoms. The second-order valence-electron chi connectivity index (χ2n) is 5.34. The summed E-state index contributed by atoms with van der Waals surface area (Å²) in [6.45, 7) is 1.79. The average Bonchev–Trinajstić information content (AvgIpc) is 2.64. The van der Waals surface area contributed by atoms with Crippen molar-refractivity contribution >= 4 is 11.6 Å². The van der Waals surface area contributed by atoms with Gasteiger partial charge in [-0.2, -0.15) is 5.26 Å². The third kappa shape index (κ3) is 5.41. The van der Waals surface area contributed by atoms with Gasteiger partial charge in [0.2, 0.25) is 5.91 Å². The Balaban J connectivity index is 1.94. The first-order valence-electron chi connectivity index (χ1n) is 7.77. The molecule has 5 nitrogen and oxygen atoms in total. The molecule has 0 aromatic heterocycles. The molecule has 0 aliphatic rings. The Morgan fingerprint density at radius 3 is 2.50 bits per heavy atom. The zero-order valence-electron chi connectivity index (χ0n) is 13.7. The Kier molecular flexibility index (Phi) is 6.81. The normalized spacial score (nSPS) is 10.0. The van der Waals surface area contributed by atoms with E-state index < -0.39 is 0 Å². The Bertz CT molecular complexity index is 678. The van der Waals surface area contributed by atoms with Crippen molar-refractivity contribution in [2.24, 2.45) is 0 Å². The van der Waals surface area contributed by atoms with Gasteiger partial charge in [-0.3, -0.25) is 4.79 Å². The van der Waals surface area contributed by atoms with Gasteiger partial charge in [-0.05, 0) is 29.8 Å². The quantitative estimate of drug-likeness (QED) is 0.811. The summed E-state index contributed by atoms with van der Waals surface area (Å²) in [6, 6.07) is 19.0. The van der Waals surface area contributed by atoms with Gasteiger partial charge < -0.3 is 15.0 Å². The largest absolute Gasteiger partial charge is 0.383 e. The van der Waals surface area contributed by atoms with Gasteiger partial charge in [0.15, 0.2) is 0 Å². The number of amides is 1. The second kappa shape index (κ2) is 9.33. The maximum atomic E-state index is 12.5. The SMILES string of the molecule is COCCN(Cc1ccccc1)C(=O)CNc1ccc(C#N)cc1. The molecule has 0 aliphatic carbocycles. The minimum atomic E-state index is 0.000243. The van der Waals surface area contributed by atoms with Crippen molar-refractivity contribution in [1.82, 2.24) is 4.90 Å². The van der Waals surface area contributed by atoms with E-state index in [1.807, 2.05) is 30.3 Å². The van der Waals surface area contributed by atoms with Crippen LogP contribution in [0.1, 0.15) is 11.1 Å². The molecule has 0 heterocycles. The summed E-state index contributed by atoms with van der Waals surface area (Å²) in [5, 5.41) is 11.9. The van der Waals surface area contributed by atoms with E-state index >= 15 is 0 Å². The highest BCUT2D eigenvalue weighted by Crippen LogP contribution is 2.09. The highest BCUT2D eigenvalue weighted by atomic mass is 16.5. The molecule has 0 saturated carbocycles. The Hall–Kier alpha value is -2.84. The molecule has 0 radical (unpaired) electrons. The first-order valence-corrected chi connectivity index (χ1v) is 7.77. The fraction of sp³-hybridized carbons (Fsp3) is 0.263. The fourth-order valence-corrected chi connectivity index (χ4v) is 2.25. The fourth-order valence-electron chi connectivity index (χ4n) is 2.25. The van der Waals surface area contributed by atoms with Gasteiger partial charge in [0.1, 0.15) is 0 Å². The molecule has 0 atom stereocenters. The van der Waals surface area contributed by atoms with Gasteiger partial charge in [0.05, 0.1) is 24.8 Å². The van der Waals surface area contributed by atoms with Crippen molar-refractivity contribution in [1.29, 1.82) is 5.26 Å². The Morgan fingerprint density at radius 1 is 1.17 bits per heavy atom. The summed E-state index contributed by atoms with van der Waals surface area (Å²) in [5.41, 5.74) is 2.49. The third-order valence-electron chi connectivity index (χ3n) is 3.59. The topological polar surface area (TPSA) is 65.4 Å². The number of hydrogen-bond acceptors (Lipinski definition) is 4. The van der Waals surface area contributed by atoms with Crippen molar-refractivity contribution in [2.75, 3.05) is 32.1 Å². The summed E-state index contributed by atoms with van der Waals surface area (Å²) in [4.78, 5) is 14.3. The lowest BCUT2D eigenvalue weighted by Gasteiger charge is -2.23. The number of nitriles is 1. The van der Waals surface area contributed by atoms with Crippen LogP contribution in [0.15, 0.2) is 54.6 Å². The number of nitrogens with zero attached hydrogens (tertiary/aromatic N) is 2. The zero-order valence-corrected chi connectivity index (χ0v) is 13.7. The predicted molar refractivity (Wildman–Crippen MR) is 93.4 cm³/mol. The maximum Gasteiger partial charge on any atom is 0.242 e. The van der Waals surface area contributed by atoms with Crippen molar-refractivity contribution < 1.29 is 9.53 Å². The molecule has 2 aromatic carbocycles. The molecule has 1 N–H and O–H groups in total. The Morgan fingerprint density at radius 2 is 1.88 bits per heavy atom. The van der Waals surface area contributed by atoms with E-state index in [1.54, 1.807) is 36.3 Å². The molecule has 5 heteroatoms. The standard InChI is InChI=1S/C19H21N3O2/c1-24-12-11-22(15-17-5-3-2-4-6-17)19(23)14-21-18-9-7-16(13-20)8-10-18/h2-10,21H,11-12,14-15H2,1H3. The number of anilines is 1. The second-order valence-corrected chi connectivity index (χ2v) is 5.34. The van der Waals surface area contributed by atoms with Crippen LogP contribution in [0.2, 0.25) is 0 Å². The Labute approximate surface area is 142 Å². The van der Waals surface area contributed by atoms with Crippen molar-refractivity contribution in [3.8, 4) is 6.07 Å². The number of rotatable bonds is 8. The van der Waals surface area contributed by atoms with Crippen LogP contribution >= 0.6 is 0 Å². The van der Waals surface area contributed by atoms with E-state index in [4.69, 9.17) is 10.00 Å². The minimum Gasteiger partial charge on any atom is -0.383 e. The molecule has 1 amide bonds. The van der Waals surface area contributed by atoms with Crippen LogP contribution in [0.4, 0.5) is 5.69 Å². The molecule has 0 spiro atoms. The molecule has 0 aliphatic heterocycles. The van der Waals surface area contributed by atoms with E-state index in [-0.39, 0.29) is 12.5 Å². The highest BCUT2D eigenvalue weighted by Gasteiger charge is 2.13. The number of carbonyl (C=O) groups is 1. The van der Waals surface area contributed by atoms with Gasteiger partial charge >= 0.3 is 0 Å². The molecule has 2 rings (SSSR count). The molecule has 124 valence electrons. The molecular formula is C19H21N3O2. The molecular weight excluding hydrogens is 302 g/mol. The molecule has 2 aromatic rings. The smallest absolute Gasteiger partial charge is 0.242 e. The number of nitrogens with one attached hydrogen (secondary N) is 1. The van der Waals surface area contributed by atoms with Crippen molar-refractivity contribution in [3.63, 3.8) is 0 Å². The van der Waals surface area contributed by atoms with Gasteiger partial charge in [0, 0.05) is 25.9 Å². The van der Waals surface area contributed by atoms with Gasteiger partial charge in [0.25, 0.3) is 0 Å². The predicted octanol–water partition coefficient (Wildman–Crippen LogP) is 2.65. The van der Waals surface area contributed by atoms with E-state index in [0.717, 1.165) is 11.3 Å². The summed E-state index contributed by atoms with van der Waals surface area (Å²) in [7, 11) is 1.63. The summed E-state index contributed by atoms with van der Waals surface area (Å²) < 4.78 is 5.10. The molecule has 0 fully saturated rings. The lowest BCUT2D eigenvalue weighted by molar-refractivity contribution is -0.130. The van der Waals surface area contributed by atoms with Gasteiger partial charge in [-0.25, -0.2) is 0 Å². The highest BCUT2D eigenvalue weighted by molar-refractivity contribution is 5.80. The van der Waals surface area contributed by atoms with Crippen molar-refractivity contribution in [2.45, 2.75) is 6.54 Å². The zero-order chi connectivity index (χ0) is 17.2. The number of carbonyl (C=O) groups excluding carboxylic acids is 1. The summed E-state index contributed by atoms with van der Waals surface area (Å²) in [6.07, 6.45) is 0. The first kappa shape index (κ1) is 17.5. The summed E-state index contributed by atoms with van der Waals surface area (Å²) in [5.74, 6) is 0.000243. The van der Waals surface area contributed by atoms with Crippen LogP contribution in [0, 0.1) is 11.3 Å². The van der Waals surface area contributed by atoms with E-state index in [1.165, 1.54) is 0 Å². The number of hydrogen-bond donors (Lipinski definition) is 1. The molecule has 0 saturated heterocycles. The van der Waals surface area contributed by atoms with Gasteiger partial charge in [-0.15, -0.1) is 0 Å². The van der Waals surface area contributed by atoms with Crippen LogP contribution in [0.25, 0.3) is 0 Å². The summed E-state index contributed by atoms with van der Waals surface area (Å²) >= 11 is 0. The van der Waals surface area contributed by atoms with E-state index in [2.05, 4.69) is 11.4 Å². The van der Waals surface area contributed by atoms with Crippen LogP contribution in [0.5, 0.6) is 0 Å². The van der Waals surface area contributed by atoms with Crippen LogP contribution < -0.4 is 5.32 Å². The number of methoxy groups -OCH3 is 1. The number of ether oxygens (including phenoxy) is 1. The lowest BCUT2D eigenvalue weighted by Crippen LogP contribution is -2.37. The molecule has 0 unspecified atom stereocenters. The van der Waals surface area contributed by atoms with Crippen molar-refractivity contribution in [3.05, 3.63) is 65.7 Å². The van der Waals surface area contributed by atoms with E-state index in [9.17, 15) is 4.79 Å². The van der Waals surface area contributed by atoms with Gasteiger partial charge in [-0.1, -0.05) is 30.3 Å². The average molecular weight is 323 g/mol. The number of benzene rings is 2. The van der Waals surface area contributed by atoms with Crippen LogP contribution in [0.3, 0.4) is 0 Å². The van der Waals surface area contributed by atoms with E-state index in [0.29, 0.717) is 25.3 Å². The lowest BCUT2D eigenvalue weighted by atomic mass is 10.2.